The summed E-state index contributed by atoms with van der Waals surface area (Å²) in [5.74, 6) is -5.99. The van der Waals surface area contributed by atoms with Crippen molar-refractivity contribution in [2.75, 3.05) is 0 Å². The number of nitriles is 2. The topological polar surface area (TPSA) is 47.6 Å². The number of hydrogen-bond donors (Lipinski definition) is 0. The molecule has 0 saturated carbocycles. The summed E-state index contributed by atoms with van der Waals surface area (Å²) in [4.78, 5) is 0. The molecule has 1 aromatic carbocycles. The van der Waals surface area contributed by atoms with E-state index in [4.69, 9.17) is 0 Å². The van der Waals surface area contributed by atoms with Crippen LogP contribution in [0.5, 0.6) is 0 Å². The van der Waals surface area contributed by atoms with Gasteiger partial charge in [0.2, 0.25) is 0 Å². The molecular formula is C26H36F4N2Si2. The molecule has 0 saturated heterocycles. The van der Waals surface area contributed by atoms with Crippen molar-refractivity contribution in [3.05, 3.63) is 45.5 Å². The Kier molecular flexibility index (Phi) is 10.5. The first-order valence-corrected chi connectivity index (χ1v) is 19.2. The van der Waals surface area contributed by atoms with Crippen molar-refractivity contribution in [1.29, 1.82) is 10.5 Å². The van der Waals surface area contributed by atoms with Crippen LogP contribution in [-0.2, 0) is 0 Å². The molecule has 0 radical (unpaired) electrons. The molecule has 0 aliphatic rings. The second kappa shape index (κ2) is 12.0. The Morgan fingerprint density at radius 1 is 0.618 bits per heavy atom. The minimum Gasteiger partial charge on any atom is -0.203 e. The summed E-state index contributed by atoms with van der Waals surface area (Å²) < 4.78 is 62.2. The molecule has 34 heavy (non-hydrogen) atoms. The summed E-state index contributed by atoms with van der Waals surface area (Å²) in [5, 5.41) is 19.4. The lowest BCUT2D eigenvalue weighted by Crippen LogP contribution is -2.24. The van der Waals surface area contributed by atoms with Crippen molar-refractivity contribution < 1.29 is 17.6 Å². The molecule has 0 aromatic heterocycles. The Bertz CT molecular complexity index is 1030. The summed E-state index contributed by atoms with van der Waals surface area (Å²) >= 11 is 0. The number of halogens is 4. The normalized spacial score (nSPS) is 13.7. The van der Waals surface area contributed by atoms with Gasteiger partial charge in [-0.2, -0.15) is 10.5 Å². The second-order valence-corrected chi connectivity index (χ2v) is 22.1. The maximum Gasteiger partial charge on any atom is 0.170 e. The Labute approximate surface area is 204 Å². The molecular weight excluding hydrogens is 472 g/mol. The molecule has 1 aromatic rings. The first-order chi connectivity index (χ1) is 15.6. The third-order valence-corrected chi connectivity index (χ3v) is 8.11. The number of rotatable bonds is 10. The summed E-state index contributed by atoms with van der Waals surface area (Å²) in [6, 6.07) is 4.60. The van der Waals surface area contributed by atoms with Crippen molar-refractivity contribution in [1.82, 2.24) is 0 Å². The molecule has 0 aliphatic heterocycles. The quantitative estimate of drug-likeness (QED) is 0.137. The zero-order valence-electron chi connectivity index (χ0n) is 21.6. The Balaban J connectivity index is 4.14. The van der Waals surface area contributed by atoms with E-state index >= 15 is 17.6 Å². The molecule has 0 heterocycles. The lowest BCUT2D eigenvalue weighted by atomic mass is 9.90. The molecule has 8 heteroatoms. The SMILES string of the molecule is CCC/C(C#N)=C(\CCC)c1c(F)c(F)c(/C(C[Si](C)(C)C)=C(\C#N)C[Si](C)(C)C)c(F)c1F. The minimum absolute atomic E-state index is 0.00420. The van der Waals surface area contributed by atoms with Gasteiger partial charge in [-0.15, -0.1) is 0 Å². The largest absolute Gasteiger partial charge is 0.203 e. The Morgan fingerprint density at radius 2 is 1.00 bits per heavy atom. The van der Waals surface area contributed by atoms with Crippen LogP contribution in [0.4, 0.5) is 17.6 Å². The van der Waals surface area contributed by atoms with Crippen LogP contribution in [0.15, 0.2) is 11.1 Å². The second-order valence-electron chi connectivity index (χ2n) is 11.1. The number of benzene rings is 1. The van der Waals surface area contributed by atoms with Gasteiger partial charge in [0.1, 0.15) is 0 Å². The van der Waals surface area contributed by atoms with Crippen LogP contribution in [-0.4, -0.2) is 16.1 Å². The predicted molar refractivity (Wildman–Crippen MR) is 137 cm³/mol. The molecule has 0 N–H and O–H groups in total. The minimum atomic E-state index is -2.04. The van der Waals surface area contributed by atoms with Crippen molar-refractivity contribution in [2.45, 2.75) is 90.9 Å². The molecule has 0 spiro atoms. The molecule has 0 amide bonds. The average Bonchev–Trinajstić information content (AvgIpc) is 2.72. The van der Waals surface area contributed by atoms with Gasteiger partial charge in [-0.3, -0.25) is 0 Å². The first-order valence-electron chi connectivity index (χ1n) is 11.7. The van der Waals surface area contributed by atoms with E-state index in [-0.39, 0.29) is 41.2 Å². The van der Waals surface area contributed by atoms with Crippen molar-refractivity contribution in [3.8, 4) is 12.1 Å². The summed E-state index contributed by atoms with van der Waals surface area (Å²) in [6.45, 7) is 15.6. The Hall–Kier alpha value is -2.17. The lowest BCUT2D eigenvalue weighted by molar-refractivity contribution is 0.445. The third kappa shape index (κ3) is 7.42. The van der Waals surface area contributed by atoms with Gasteiger partial charge in [0, 0.05) is 27.3 Å². The zero-order valence-corrected chi connectivity index (χ0v) is 23.6. The van der Waals surface area contributed by atoms with Gasteiger partial charge in [-0.25, -0.2) is 17.6 Å². The highest BCUT2D eigenvalue weighted by Crippen LogP contribution is 2.40. The Morgan fingerprint density at radius 3 is 1.32 bits per heavy atom. The van der Waals surface area contributed by atoms with Crippen molar-refractivity contribution in [2.24, 2.45) is 0 Å². The molecule has 0 bridgehead atoms. The first kappa shape index (κ1) is 29.9. The zero-order chi connectivity index (χ0) is 26.4. The molecule has 0 fully saturated rings. The van der Waals surface area contributed by atoms with Crippen LogP contribution in [0.1, 0.15) is 50.7 Å². The molecule has 0 unspecified atom stereocenters. The van der Waals surface area contributed by atoms with E-state index in [0.717, 1.165) is 0 Å². The standard InChI is InChI=1S/C26H36F4N2Si2/c1-9-11-17(13-31)19(12-10-2)21-23(27)25(29)22(26(30)24(21)28)20(16-34(6,7)8)18(14-32)15-33(3,4)5/h9-12,15-16H2,1-8H3/b19-17-,20-18+. The van der Waals surface area contributed by atoms with Crippen LogP contribution >= 0.6 is 0 Å². The smallest absolute Gasteiger partial charge is 0.170 e. The summed E-state index contributed by atoms with van der Waals surface area (Å²) in [6.07, 6.45) is 1.37. The van der Waals surface area contributed by atoms with Gasteiger partial charge in [0.15, 0.2) is 23.3 Å². The van der Waals surface area contributed by atoms with Crippen LogP contribution in [0.2, 0.25) is 51.4 Å². The van der Waals surface area contributed by atoms with Gasteiger partial charge in [0.05, 0.1) is 23.3 Å². The molecule has 1 rings (SSSR count). The van der Waals surface area contributed by atoms with E-state index in [9.17, 15) is 10.5 Å². The van der Waals surface area contributed by atoms with E-state index in [1.165, 1.54) is 0 Å². The van der Waals surface area contributed by atoms with Crippen LogP contribution < -0.4 is 0 Å². The van der Waals surface area contributed by atoms with Gasteiger partial charge in [-0.1, -0.05) is 66.0 Å². The number of allylic oxidation sites excluding steroid dienone is 4. The van der Waals surface area contributed by atoms with E-state index in [1.54, 1.807) is 6.92 Å². The highest BCUT2D eigenvalue weighted by molar-refractivity contribution is 6.78. The molecule has 186 valence electrons. The van der Waals surface area contributed by atoms with E-state index in [1.807, 2.05) is 52.3 Å². The van der Waals surface area contributed by atoms with E-state index < -0.39 is 50.5 Å². The molecule has 2 nitrogen and oxygen atoms in total. The summed E-state index contributed by atoms with van der Waals surface area (Å²) in [7, 11) is -3.93. The third-order valence-electron chi connectivity index (χ3n) is 5.28. The highest BCUT2D eigenvalue weighted by Gasteiger charge is 2.33. The average molecular weight is 509 g/mol. The van der Waals surface area contributed by atoms with E-state index in [0.29, 0.717) is 18.9 Å². The van der Waals surface area contributed by atoms with E-state index in [2.05, 4.69) is 6.07 Å². The monoisotopic (exact) mass is 508 g/mol. The lowest BCUT2D eigenvalue weighted by Gasteiger charge is -2.24. The van der Waals surface area contributed by atoms with Gasteiger partial charge in [-0.05, 0) is 36.1 Å². The van der Waals surface area contributed by atoms with Gasteiger partial charge in [0.25, 0.3) is 0 Å². The molecule has 0 aliphatic carbocycles. The highest BCUT2D eigenvalue weighted by atomic mass is 28.3. The van der Waals surface area contributed by atoms with Crippen molar-refractivity contribution >= 4 is 27.3 Å². The fourth-order valence-electron chi connectivity index (χ4n) is 3.98. The molecule has 0 atom stereocenters. The van der Waals surface area contributed by atoms with Crippen LogP contribution in [0.25, 0.3) is 11.1 Å². The van der Waals surface area contributed by atoms with Crippen molar-refractivity contribution in [3.63, 3.8) is 0 Å². The number of nitrogens with zero attached hydrogens (tertiary/aromatic N) is 2. The van der Waals surface area contributed by atoms with Crippen LogP contribution in [0, 0.1) is 45.9 Å². The predicted octanol–water partition coefficient (Wildman–Crippen LogP) is 9.07. The maximum absolute atomic E-state index is 15.6. The van der Waals surface area contributed by atoms with Gasteiger partial charge < -0.3 is 0 Å². The fraction of sp³-hybridized carbons (Fsp3) is 0.538. The van der Waals surface area contributed by atoms with Crippen LogP contribution in [0.3, 0.4) is 0 Å². The number of hydrogen-bond acceptors (Lipinski definition) is 2. The summed E-state index contributed by atoms with van der Waals surface area (Å²) in [5.41, 5.74) is -1.19. The maximum atomic E-state index is 15.6. The van der Waals surface area contributed by atoms with Gasteiger partial charge >= 0.3 is 0 Å². The fourth-order valence-corrected chi connectivity index (χ4v) is 6.79.